The number of likely N-dealkylation sites (tertiary alicyclic amines) is 1. The summed E-state index contributed by atoms with van der Waals surface area (Å²) in [6.07, 6.45) is 5.18. The average molecular weight is 262 g/mol. The lowest BCUT2D eigenvalue weighted by atomic mass is 10.1. The predicted molar refractivity (Wildman–Crippen MR) is 75.9 cm³/mol. The Balaban J connectivity index is 2.05. The monoisotopic (exact) mass is 262 g/mol. The molecule has 1 heterocycles. The first-order valence-electron chi connectivity index (χ1n) is 6.90. The van der Waals surface area contributed by atoms with Crippen LogP contribution in [0.15, 0.2) is 18.2 Å². The number of rotatable bonds is 3. The number of esters is 1. The Labute approximate surface area is 114 Å². The molecule has 0 aromatic heterocycles. The van der Waals surface area contributed by atoms with Crippen LogP contribution in [-0.4, -0.2) is 31.1 Å². The highest BCUT2D eigenvalue weighted by Crippen LogP contribution is 2.19. The Morgan fingerprint density at radius 1 is 1.26 bits per heavy atom. The van der Waals surface area contributed by atoms with E-state index in [0.29, 0.717) is 11.3 Å². The van der Waals surface area contributed by atoms with Crippen molar-refractivity contribution in [3.8, 4) is 0 Å². The summed E-state index contributed by atoms with van der Waals surface area (Å²) in [5.41, 5.74) is 8.31. The Morgan fingerprint density at radius 2 is 1.95 bits per heavy atom. The van der Waals surface area contributed by atoms with Crippen molar-refractivity contribution in [1.82, 2.24) is 4.90 Å². The third-order valence-electron chi connectivity index (χ3n) is 3.66. The van der Waals surface area contributed by atoms with Gasteiger partial charge in [-0.05, 0) is 43.6 Å². The highest BCUT2D eigenvalue weighted by Gasteiger charge is 2.12. The molecule has 0 bridgehead atoms. The second-order valence-corrected chi connectivity index (χ2v) is 5.10. The molecular formula is C15H22N2O2. The number of nitrogen functional groups attached to an aromatic ring is 1. The zero-order valence-electron chi connectivity index (χ0n) is 11.5. The van der Waals surface area contributed by atoms with E-state index in [1.807, 2.05) is 6.07 Å². The summed E-state index contributed by atoms with van der Waals surface area (Å²) < 4.78 is 4.69. The summed E-state index contributed by atoms with van der Waals surface area (Å²) in [4.78, 5) is 13.9. The van der Waals surface area contributed by atoms with Crippen LogP contribution in [0.1, 0.15) is 41.6 Å². The minimum atomic E-state index is -0.340. The SMILES string of the molecule is COC(=O)c1ccc(CN2CCCCCC2)c(N)c1. The fraction of sp³-hybridized carbons (Fsp3) is 0.533. The zero-order chi connectivity index (χ0) is 13.7. The van der Waals surface area contributed by atoms with Gasteiger partial charge in [0.25, 0.3) is 0 Å². The van der Waals surface area contributed by atoms with Gasteiger partial charge < -0.3 is 10.5 Å². The van der Waals surface area contributed by atoms with E-state index >= 15 is 0 Å². The molecule has 1 aromatic rings. The van der Waals surface area contributed by atoms with Crippen LogP contribution in [0.5, 0.6) is 0 Å². The maximum Gasteiger partial charge on any atom is 0.337 e. The van der Waals surface area contributed by atoms with Crippen LogP contribution in [0.25, 0.3) is 0 Å². The van der Waals surface area contributed by atoms with Crippen LogP contribution in [0, 0.1) is 0 Å². The van der Waals surface area contributed by atoms with Gasteiger partial charge in [0.15, 0.2) is 0 Å². The van der Waals surface area contributed by atoms with Crippen LogP contribution in [0.2, 0.25) is 0 Å². The van der Waals surface area contributed by atoms with Crippen molar-refractivity contribution in [3.63, 3.8) is 0 Å². The van der Waals surface area contributed by atoms with Crippen molar-refractivity contribution in [3.05, 3.63) is 29.3 Å². The molecule has 1 aliphatic heterocycles. The first-order chi connectivity index (χ1) is 9.20. The van der Waals surface area contributed by atoms with Gasteiger partial charge in [-0.3, -0.25) is 4.90 Å². The molecule has 19 heavy (non-hydrogen) atoms. The van der Waals surface area contributed by atoms with Gasteiger partial charge in [-0.1, -0.05) is 18.9 Å². The molecular weight excluding hydrogens is 240 g/mol. The van der Waals surface area contributed by atoms with Gasteiger partial charge in [0, 0.05) is 12.2 Å². The Hall–Kier alpha value is -1.55. The summed E-state index contributed by atoms with van der Waals surface area (Å²) in [5.74, 6) is -0.340. The van der Waals surface area contributed by atoms with Gasteiger partial charge >= 0.3 is 5.97 Å². The number of nitrogens with two attached hydrogens (primary N) is 1. The largest absolute Gasteiger partial charge is 0.465 e. The molecule has 1 aromatic carbocycles. The fourth-order valence-electron chi connectivity index (χ4n) is 2.52. The molecule has 1 aliphatic rings. The molecule has 104 valence electrons. The number of hydrogen-bond acceptors (Lipinski definition) is 4. The van der Waals surface area contributed by atoms with E-state index in [0.717, 1.165) is 25.2 Å². The minimum Gasteiger partial charge on any atom is -0.465 e. The van der Waals surface area contributed by atoms with Crippen molar-refractivity contribution < 1.29 is 9.53 Å². The molecule has 1 saturated heterocycles. The quantitative estimate of drug-likeness (QED) is 0.671. The lowest BCUT2D eigenvalue weighted by Gasteiger charge is -2.20. The molecule has 0 amide bonds. The van der Waals surface area contributed by atoms with Gasteiger partial charge in [-0.25, -0.2) is 4.79 Å². The second-order valence-electron chi connectivity index (χ2n) is 5.10. The standard InChI is InChI=1S/C15H22N2O2/c1-19-15(18)12-6-7-13(14(16)10-12)11-17-8-4-2-3-5-9-17/h6-7,10H,2-5,8-9,11,16H2,1H3. The first-order valence-corrected chi connectivity index (χ1v) is 6.90. The van der Waals surface area contributed by atoms with Gasteiger partial charge in [0.05, 0.1) is 12.7 Å². The molecule has 2 rings (SSSR count). The molecule has 0 unspecified atom stereocenters. The minimum absolute atomic E-state index is 0.340. The summed E-state index contributed by atoms with van der Waals surface area (Å²) >= 11 is 0. The maximum absolute atomic E-state index is 11.4. The molecule has 0 spiro atoms. The van der Waals surface area contributed by atoms with Crippen molar-refractivity contribution in [2.75, 3.05) is 25.9 Å². The molecule has 0 atom stereocenters. The number of methoxy groups -OCH3 is 1. The smallest absolute Gasteiger partial charge is 0.337 e. The molecule has 0 aliphatic carbocycles. The van der Waals surface area contributed by atoms with E-state index in [2.05, 4.69) is 4.90 Å². The third-order valence-corrected chi connectivity index (χ3v) is 3.66. The van der Waals surface area contributed by atoms with Gasteiger partial charge in [-0.2, -0.15) is 0 Å². The van der Waals surface area contributed by atoms with Gasteiger partial charge in [-0.15, -0.1) is 0 Å². The lowest BCUT2D eigenvalue weighted by molar-refractivity contribution is 0.0601. The van der Waals surface area contributed by atoms with Crippen molar-refractivity contribution in [2.24, 2.45) is 0 Å². The average Bonchev–Trinajstić information content (AvgIpc) is 2.68. The summed E-state index contributed by atoms with van der Waals surface area (Å²) in [6.45, 7) is 3.14. The van der Waals surface area contributed by atoms with Crippen LogP contribution < -0.4 is 5.73 Å². The summed E-state index contributed by atoms with van der Waals surface area (Å²) in [7, 11) is 1.38. The molecule has 0 radical (unpaired) electrons. The van der Waals surface area contributed by atoms with E-state index < -0.39 is 0 Å². The third kappa shape index (κ3) is 3.70. The highest BCUT2D eigenvalue weighted by atomic mass is 16.5. The Kier molecular flexibility index (Phi) is 4.80. The number of ether oxygens (including phenoxy) is 1. The maximum atomic E-state index is 11.4. The van der Waals surface area contributed by atoms with Crippen molar-refractivity contribution in [2.45, 2.75) is 32.2 Å². The highest BCUT2D eigenvalue weighted by molar-refractivity contribution is 5.90. The van der Waals surface area contributed by atoms with Crippen LogP contribution in [0.3, 0.4) is 0 Å². The lowest BCUT2D eigenvalue weighted by Crippen LogP contribution is -2.24. The molecule has 2 N–H and O–H groups in total. The topological polar surface area (TPSA) is 55.6 Å². The number of hydrogen-bond donors (Lipinski definition) is 1. The molecule has 1 fully saturated rings. The van der Waals surface area contributed by atoms with Crippen LogP contribution >= 0.6 is 0 Å². The number of carbonyl (C=O) groups is 1. The fourth-order valence-corrected chi connectivity index (χ4v) is 2.52. The van der Waals surface area contributed by atoms with Crippen molar-refractivity contribution in [1.29, 1.82) is 0 Å². The van der Waals surface area contributed by atoms with Gasteiger partial charge in [0.1, 0.15) is 0 Å². The number of benzene rings is 1. The van der Waals surface area contributed by atoms with Crippen molar-refractivity contribution >= 4 is 11.7 Å². The zero-order valence-corrected chi connectivity index (χ0v) is 11.5. The van der Waals surface area contributed by atoms with E-state index in [4.69, 9.17) is 10.5 Å². The second kappa shape index (κ2) is 6.57. The molecule has 4 nitrogen and oxygen atoms in total. The predicted octanol–water partition coefficient (Wildman–Crippen LogP) is 2.43. The molecule has 0 saturated carbocycles. The van der Waals surface area contributed by atoms with E-state index in [1.54, 1.807) is 12.1 Å². The van der Waals surface area contributed by atoms with E-state index in [-0.39, 0.29) is 5.97 Å². The molecule has 4 heteroatoms. The number of nitrogens with zero attached hydrogens (tertiary/aromatic N) is 1. The Bertz CT molecular complexity index is 438. The summed E-state index contributed by atoms with van der Waals surface area (Å²) in [5, 5.41) is 0. The van der Waals surface area contributed by atoms with Crippen LogP contribution in [-0.2, 0) is 11.3 Å². The van der Waals surface area contributed by atoms with Crippen LogP contribution in [0.4, 0.5) is 5.69 Å². The number of carbonyl (C=O) groups excluding carboxylic acids is 1. The Morgan fingerprint density at radius 3 is 2.53 bits per heavy atom. The first kappa shape index (κ1) is 13.9. The summed E-state index contributed by atoms with van der Waals surface area (Å²) in [6, 6.07) is 5.43. The van der Waals surface area contributed by atoms with Gasteiger partial charge in [0.2, 0.25) is 0 Å². The van der Waals surface area contributed by atoms with E-state index in [9.17, 15) is 4.79 Å². The normalized spacial score (nSPS) is 16.9. The van der Waals surface area contributed by atoms with E-state index in [1.165, 1.54) is 32.8 Å². The number of anilines is 1.